The predicted octanol–water partition coefficient (Wildman–Crippen LogP) is 4.16. The number of nitrogens with zero attached hydrogens (tertiary/aromatic N) is 1. The van der Waals surface area contributed by atoms with Gasteiger partial charge in [-0.2, -0.15) is 4.31 Å². The topological polar surface area (TPSA) is 75.7 Å². The molecule has 1 aliphatic heterocycles. The van der Waals surface area contributed by atoms with Gasteiger partial charge in [0.2, 0.25) is 10.0 Å². The van der Waals surface area contributed by atoms with Crippen LogP contribution in [-0.2, 0) is 10.0 Å². The Kier molecular flexibility index (Phi) is 6.27. The van der Waals surface area contributed by atoms with E-state index in [0.717, 1.165) is 19.3 Å². The number of carbonyl (C=O) groups is 1. The van der Waals surface area contributed by atoms with Crippen LogP contribution in [0, 0.1) is 0 Å². The molecule has 0 aliphatic carbocycles. The Hall–Kier alpha value is -2.09. The number of rotatable bonds is 5. The molecule has 1 heterocycles. The summed E-state index contributed by atoms with van der Waals surface area (Å²) < 4.78 is 33.3. The lowest BCUT2D eigenvalue weighted by Crippen LogP contribution is -2.42. The first-order chi connectivity index (χ1) is 13.3. The third-order valence-corrected chi connectivity index (χ3v) is 7.14. The summed E-state index contributed by atoms with van der Waals surface area (Å²) in [5.74, 6) is -0.186. The Labute approximate surface area is 170 Å². The number of amides is 1. The third-order valence-electron chi connectivity index (χ3n) is 4.86. The van der Waals surface area contributed by atoms with E-state index >= 15 is 0 Å². The second-order valence-electron chi connectivity index (χ2n) is 6.79. The molecule has 1 N–H and O–H groups in total. The molecule has 0 radical (unpaired) electrons. The standard InChI is InChI=1S/C20H23ClN2O4S/c1-14-5-3-4-12-23(14)28(25,26)19-13-15(6-11-18(19)27-2)20(24)22-17-9-7-16(21)8-10-17/h6-11,13-14H,3-5,12H2,1-2H3,(H,22,24)/t14-/m1/s1. The van der Waals surface area contributed by atoms with Crippen LogP contribution in [0.1, 0.15) is 36.5 Å². The number of halogens is 1. The molecule has 1 fully saturated rings. The van der Waals surface area contributed by atoms with Crippen LogP contribution in [0.5, 0.6) is 5.75 Å². The van der Waals surface area contributed by atoms with E-state index in [-0.39, 0.29) is 22.3 Å². The fourth-order valence-electron chi connectivity index (χ4n) is 3.31. The highest BCUT2D eigenvalue weighted by molar-refractivity contribution is 7.89. The Morgan fingerprint density at radius 1 is 1.18 bits per heavy atom. The van der Waals surface area contributed by atoms with Gasteiger partial charge in [-0.15, -0.1) is 0 Å². The molecule has 1 amide bonds. The number of ether oxygens (including phenoxy) is 1. The first-order valence-corrected chi connectivity index (χ1v) is 10.9. The number of anilines is 1. The number of sulfonamides is 1. The second-order valence-corrected chi connectivity index (χ2v) is 9.08. The minimum absolute atomic E-state index is 0.00695. The number of benzene rings is 2. The minimum atomic E-state index is -3.78. The number of hydrogen-bond donors (Lipinski definition) is 1. The molecule has 1 saturated heterocycles. The summed E-state index contributed by atoms with van der Waals surface area (Å²) in [5.41, 5.74) is 0.804. The molecule has 2 aromatic rings. The Morgan fingerprint density at radius 2 is 1.89 bits per heavy atom. The van der Waals surface area contributed by atoms with Crippen LogP contribution in [-0.4, -0.2) is 38.3 Å². The molecule has 0 spiro atoms. The smallest absolute Gasteiger partial charge is 0.255 e. The van der Waals surface area contributed by atoms with Crippen molar-refractivity contribution in [1.29, 1.82) is 0 Å². The van der Waals surface area contributed by atoms with Gasteiger partial charge in [0.25, 0.3) is 5.91 Å². The van der Waals surface area contributed by atoms with Crippen LogP contribution in [0.4, 0.5) is 5.69 Å². The zero-order valence-corrected chi connectivity index (χ0v) is 17.4. The summed E-state index contributed by atoms with van der Waals surface area (Å²) >= 11 is 5.86. The van der Waals surface area contributed by atoms with Gasteiger partial charge >= 0.3 is 0 Å². The molecular weight excluding hydrogens is 400 g/mol. The molecule has 0 bridgehead atoms. The number of methoxy groups -OCH3 is 1. The van der Waals surface area contributed by atoms with Crippen molar-refractivity contribution < 1.29 is 17.9 Å². The zero-order valence-electron chi connectivity index (χ0n) is 15.8. The van der Waals surface area contributed by atoms with E-state index in [1.807, 2.05) is 6.92 Å². The Morgan fingerprint density at radius 3 is 2.54 bits per heavy atom. The van der Waals surface area contributed by atoms with Gasteiger partial charge < -0.3 is 10.1 Å². The summed E-state index contributed by atoms with van der Waals surface area (Å²) in [6, 6.07) is 11.0. The van der Waals surface area contributed by atoms with Crippen molar-refractivity contribution >= 4 is 33.2 Å². The molecule has 6 nitrogen and oxygen atoms in total. The average molecular weight is 423 g/mol. The molecule has 28 heavy (non-hydrogen) atoms. The van der Waals surface area contributed by atoms with Gasteiger partial charge in [0, 0.05) is 28.9 Å². The van der Waals surface area contributed by atoms with Crippen molar-refractivity contribution in [1.82, 2.24) is 4.31 Å². The van der Waals surface area contributed by atoms with Gasteiger partial charge in [-0.05, 0) is 62.2 Å². The second kappa shape index (κ2) is 8.51. The third kappa shape index (κ3) is 4.32. The summed E-state index contributed by atoms with van der Waals surface area (Å²) in [7, 11) is -2.36. The maximum atomic E-state index is 13.2. The summed E-state index contributed by atoms with van der Waals surface area (Å²) in [5, 5.41) is 3.30. The van der Waals surface area contributed by atoms with Gasteiger partial charge in [0.05, 0.1) is 7.11 Å². The molecule has 0 aromatic heterocycles. The van der Waals surface area contributed by atoms with E-state index in [0.29, 0.717) is 17.3 Å². The van der Waals surface area contributed by atoms with Gasteiger partial charge in [-0.1, -0.05) is 18.0 Å². The summed E-state index contributed by atoms with van der Waals surface area (Å²) in [6.45, 7) is 2.37. The molecule has 1 aliphatic rings. The van der Waals surface area contributed by atoms with Gasteiger partial charge in [0.15, 0.2) is 0 Å². The molecule has 8 heteroatoms. The molecular formula is C20H23ClN2O4S. The average Bonchev–Trinajstić information content (AvgIpc) is 2.69. The fraction of sp³-hybridized carbons (Fsp3) is 0.350. The lowest BCUT2D eigenvalue weighted by Gasteiger charge is -2.32. The number of nitrogens with one attached hydrogen (secondary N) is 1. The zero-order chi connectivity index (χ0) is 20.3. The van der Waals surface area contributed by atoms with Crippen LogP contribution < -0.4 is 10.1 Å². The van der Waals surface area contributed by atoms with Crippen LogP contribution in [0.25, 0.3) is 0 Å². The highest BCUT2D eigenvalue weighted by atomic mass is 35.5. The first kappa shape index (κ1) is 20.6. The van der Waals surface area contributed by atoms with E-state index in [1.54, 1.807) is 30.3 Å². The lowest BCUT2D eigenvalue weighted by molar-refractivity contribution is 0.102. The first-order valence-electron chi connectivity index (χ1n) is 9.09. The number of carbonyl (C=O) groups excluding carboxylic acids is 1. The van der Waals surface area contributed by atoms with E-state index in [1.165, 1.54) is 23.5 Å². The molecule has 2 aromatic carbocycles. The van der Waals surface area contributed by atoms with E-state index < -0.39 is 15.9 Å². The Balaban J connectivity index is 1.93. The summed E-state index contributed by atoms with van der Waals surface area (Å²) in [6.07, 6.45) is 2.65. The highest BCUT2D eigenvalue weighted by Gasteiger charge is 2.33. The van der Waals surface area contributed by atoms with E-state index in [9.17, 15) is 13.2 Å². The maximum absolute atomic E-state index is 13.2. The Bertz CT molecular complexity index is 961. The van der Waals surface area contributed by atoms with E-state index in [4.69, 9.17) is 16.3 Å². The maximum Gasteiger partial charge on any atom is 0.255 e. The molecule has 0 unspecified atom stereocenters. The SMILES string of the molecule is COc1ccc(C(=O)Nc2ccc(Cl)cc2)cc1S(=O)(=O)N1CCCC[C@H]1C. The fourth-order valence-corrected chi connectivity index (χ4v) is 5.32. The monoisotopic (exact) mass is 422 g/mol. The van der Waals surface area contributed by atoms with Crippen molar-refractivity contribution in [2.24, 2.45) is 0 Å². The predicted molar refractivity (Wildman–Crippen MR) is 110 cm³/mol. The van der Waals surface area contributed by atoms with Crippen LogP contribution in [0.2, 0.25) is 5.02 Å². The normalized spacial score (nSPS) is 17.9. The molecule has 0 saturated carbocycles. The van der Waals surface area contributed by atoms with Gasteiger partial charge in [0.1, 0.15) is 10.6 Å². The van der Waals surface area contributed by atoms with E-state index in [2.05, 4.69) is 5.32 Å². The molecule has 150 valence electrons. The van der Waals surface area contributed by atoms with Crippen molar-refractivity contribution in [3.8, 4) is 5.75 Å². The van der Waals surface area contributed by atoms with Crippen LogP contribution >= 0.6 is 11.6 Å². The van der Waals surface area contributed by atoms with Crippen molar-refractivity contribution in [2.45, 2.75) is 37.1 Å². The largest absolute Gasteiger partial charge is 0.495 e. The van der Waals surface area contributed by atoms with Crippen molar-refractivity contribution in [2.75, 3.05) is 19.0 Å². The minimum Gasteiger partial charge on any atom is -0.495 e. The highest BCUT2D eigenvalue weighted by Crippen LogP contribution is 2.32. The number of piperidine rings is 1. The van der Waals surface area contributed by atoms with Crippen LogP contribution in [0.15, 0.2) is 47.4 Å². The van der Waals surface area contributed by atoms with Crippen LogP contribution in [0.3, 0.4) is 0 Å². The van der Waals surface area contributed by atoms with Gasteiger partial charge in [-0.25, -0.2) is 8.42 Å². The quantitative estimate of drug-likeness (QED) is 0.784. The lowest BCUT2D eigenvalue weighted by atomic mass is 10.1. The van der Waals surface area contributed by atoms with Crippen molar-refractivity contribution in [3.05, 3.63) is 53.1 Å². The van der Waals surface area contributed by atoms with Crippen molar-refractivity contribution in [3.63, 3.8) is 0 Å². The molecule has 1 atom stereocenters. The van der Waals surface area contributed by atoms with Gasteiger partial charge in [-0.3, -0.25) is 4.79 Å². The number of hydrogen-bond acceptors (Lipinski definition) is 4. The molecule has 3 rings (SSSR count). The summed E-state index contributed by atoms with van der Waals surface area (Å²) in [4.78, 5) is 12.6.